The van der Waals surface area contributed by atoms with Crippen molar-refractivity contribution in [1.82, 2.24) is 15.5 Å². The molecule has 1 aromatic heterocycles. The highest BCUT2D eigenvalue weighted by atomic mass is 127. The minimum absolute atomic E-state index is 0. The van der Waals surface area contributed by atoms with Crippen molar-refractivity contribution in [3.63, 3.8) is 0 Å². The predicted octanol–water partition coefficient (Wildman–Crippen LogP) is 2.87. The number of halogens is 1. The molecule has 1 aliphatic carbocycles. The quantitative estimate of drug-likeness (QED) is 0.394. The van der Waals surface area contributed by atoms with Crippen molar-refractivity contribution in [3.8, 4) is 0 Å². The molecule has 0 atom stereocenters. The van der Waals surface area contributed by atoms with Crippen LogP contribution in [0.15, 0.2) is 27.8 Å². The molecule has 0 radical (unpaired) electrons. The summed E-state index contributed by atoms with van der Waals surface area (Å²) in [6, 6.07) is 4.69. The van der Waals surface area contributed by atoms with Crippen molar-refractivity contribution in [3.05, 3.63) is 24.2 Å². The van der Waals surface area contributed by atoms with Gasteiger partial charge in [-0.3, -0.25) is 4.99 Å². The summed E-state index contributed by atoms with van der Waals surface area (Å²) in [6.45, 7) is 2.81. The lowest BCUT2D eigenvalue weighted by molar-refractivity contribution is 0.194. The van der Waals surface area contributed by atoms with Crippen LogP contribution in [0.3, 0.4) is 0 Å². The molecule has 2 N–H and O–H groups in total. The fourth-order valence-electron chi connectivity index (χ4n) is 3.03. The van der Waals surface area contributed by atoms with E-state index in [4.69, 9.17) is 4.42 Å². The summed E-state index contributed by atoms with van der Waals surface area (Å²) < 4.78 is 5.32. The normalized spacial score (nSPS) is 16.2. The number of guanidine groups is 1. The second-order valence-corrected chi connectivity index (χ2v) is 6.03. The van der Waals surface area contributed by atoms with Crippen LogP contribution in [0.1, 0.15) is 37.9 Å². The lowest BCUT2D eigenvalue weighted by Crippen LogP contribution is -2.43. The van der Waals surface area contributed by atoms with E-state index in [2.05, 4.69) is 27.6 Å². The monoisotopic (exact) mass is 434 g/mol. The van der Waals surface area contributed by atoms with Gasteiger partial charge in [0.2, 0.25) is 0 Å². The molecule has 2 rings (SSSR count). The van der Waals surface area contributed by atoms with Gasteiger partial charge in [-0.25, -0.2) is 0 Å². The molecule has 23 heavy (non-hydrogen) atoms. The summed E-state index contributed by atoms with van der Waals surface area (Å²) in [7, 11) is 4.05. The Balaban J connectivity index is 0.00000264. The first-order valence-electron chi connectivity index (χ1n) is 8.46. The first-order valence-corrected chi connectivity index (χ1v) is 8.46. The van der Waals surface area contributed by atoms with Crippen LogP contribution < -0.4 is 10.6 Å². The van der Waals surface area contributed by atoms with Gasteiger partial charge < -0.3 is 20.0 Å². The van der Waals surface area contributed by atoms with Crippen LogP contribution in [0.4, 0.5) is 0 Å². The summed E-state index contributed by atoms with van der Waals surface area (Å²) in [4.78, 5) is 6.75. The molecule has 1 aliphatic rings. The molecular weight excluding hydrogens is 403 g/mol. The SMILES string of the molecule is CN=C(NCCc1ccco1)NCCN(C)C1CCCCC1.I. The largest absolute Gasteiger partial charge is 0.469 e. The van der Waals surface area contributed by atoms with Crippen LogP contribution >= 0.6 is 24.0 Å². The Kier molecular flexibility index (Phi) is 10.3. The second kappa shape index (κ2) is 11.7. The Labute approximate surface area is 157 Å². The minimum atomic E-state index is 0. The van der Waals surface area contributed by atoms with Crippen molar-refractivity contribution in [2.24, 2.45) is 4.99 Å². The zero-order valence-corrected chi connectivity index (χ0v) is 16.7. The third-order valence-corrected chi connectivity index (χ3v) is 4.42. The first kappa shape index (κ1) is 20.3. The molecule has 0 unspecified atom stereocenters. The molecule has 0 spiro atoms. The fraction of sp³-hybridized carbons (Fsp3) is 0.706. The summed E-state index contributed by atoms with van der Waals surface area (Å²) in [6.07, 6.45) is 9.48. The summed E-state index contributed by atoms with van der Waals surface area (Å²) in [5.41, 5.74) is 0. The van der Waals surface area contributed by atoms with Crippen LogP contribution in [-0.4, -0.2) is 50.6 Å². The van der Waals surface area contributed by atoms with Gasteiger partial charge in [0.25, 0.3) is 0 Å². The van der Waals surface area contributed by atoms with Crippen LogP contribution in [0.25, 0.3) is 0 Å². The predicted molar refractivity (Wildman–Crippen MR) is 107 cm³/mol. The zero-order chi connectivity index (χ0) is 15.6. The lowest BCUT2D eigenvalue weighted by Gasteiger charge is -2.31. The highest BCUT2D eigenvalue weighted by molar-refractivity contribution is 14.0. The highest BCUT2D eigenvalue weighted by Crippen LogP contribution is 2.21. The molecule has 1 aromatic rings. The Morgan fingerprint density at radius 2 is 2.00 bits per heavy atom. The second-order valence-electron chi connectivity index (χ2n) is 6.03. The topological polar surface area (TPSA) is 52.8 Å². The van der Waals surface area contributed by atoms with Crippen molar-refractivity contribution >= 4 is 29.9 Å². The van der Waals surface area contributed by atoms with E-state index in [9.17, 15) is 0 Å². The number of hydrogen-bond acceptors (Lipinski definition) is 3. The molecule has 0 saturated heterocycles. The van der Waals surface area contributed by atoms with Gasteiger partial charge in [0, 0.05) is 39.1 Å². The standard InChI is InChI=1S/C17H30N4O.HI/c1-18-17(19-11-10-16-9-6-14-22-16)20-12-13-21(2)15-7-4-3-5-8-15;/h6,9,14-15H,3-5,7-8,10-13H2,1-2H3,(H2,18,19,20);1H. The molecule has 1 fully saturated rings. The van der Waals surface area contributed by atoms with E-state index in [0.29, 0.717) is 0 Å². The zero-order valence-electron chi connectivity index (χ0n) is 14.4. The number of furan rings is 1. The molecule has 132 valence electrons. The Morgan fingerprint density at radius 3 is 2.65 bits per heavy atom. The Hall–Kier alpha value is -0.760. The van der Waals surface area contributed by atoms with E-state index in [0.717, 1.165) is 43.8 Å². The average Bonchev–Trinajstić information content (AvgIpc) is 3.07. The molecule has 5 nitrogen and oxygen atoms in total. The molecule has 0 aromatic carbocycles. The summed E-state index contributed by atoms with van der Waals surface area (Å²) in [5.74, 6) is 1.86. The number of hydrogen-bond donors (Lipinski definition) is 2. The smallest absolute Gasteiger partial charge is 0.191 e. The Morgan fingerprint density at radius 1 is 1.26 bits per heavy atom. The Bertz CT molecular complexity index is 430. The van der Waals surface area contributed by atoms with Gasteiger partial charge in [-0.05, 0) is 32.0 Å². The van der Waals surface area contributed by atoms with Crippen LogP contribution in [0.2, 0.25) is 0 Å². The third kappa shape index (κ3) is 7.56. The van der Waals surface area contributed by atoms with Gasteiger partial charge in [0.1, 0.15) is 5.76 Å². The minimum Gasteiger partial charge on any atom is -0.469 e. The maximum absolute atomic E-state index is 5.32. The molecular formula is C17H31IN4O. The van der Waals surface area contributed by atoms with Crippen LogP contribution in [0.5, 0.6) is 0 Å². The molecule has 0 aliphatic heterocycles. The van der Waals surface area contributed by atoms with Gasteiger partial charge in [0.15, 0.2) is 5.96 Å². The number of nitrogens with one attached hydrogen (secondary N) is 2. The van der Waals surface area contributed by atoms with Gasteiger partial charge >= 0.3 is 0 Å². The van der Waals surface area contributed by atoms with Crippen LogP contribution in [0, 0.1) is 0 Å². The molecule has 6 heteroatoms. The highest BCUT2D eigenvalue weighted by Gasteiger charge is 2.17. The van der Waals surface area contributed by atoms with Gasteiger partial charge in [-0.1, -0.05) is 19.3 Å². The summed E-state index contributed by atoms with van der Waals surface area (Å²) in [5, 5.41) is 6.71. The van der Waals surface area contributed by atoms with E-state index in [1.54, 1.807) is 6.26 Å². The average molecular weight is 434 g/mol. The fourth-order valence-corrected chi connectivity index (χ4v) is 3.03. The number of likely N-dealkylation sites (N-methyl/N-ethyl adjacent to an activating group) is 1. The van der Waals surface area contributed by atoms with E-state index in [1.165, 1.54) is 32.1 Å². The lowest BCUT2D eigenvalue weighted by atomic mass is 9.94. The van der Waals surface area contributed by atoms with Crippen molar-refractivity contribution in [2.45, 2.75) is 44.6 Å². The van der Waals surface area contributed by atoms with E-state index < -0.39 is 0 Å². The number of rotatable bonds is 7. The van der Waals surface area contributed by atoms with Crippen molar-refractivity contribution in [2.75, 3.05) is 33.7 Å². The maximum Gasteiger partial charge on any atom is 0.191 e. The van der Waals surface area contributed by atoms with E-state index in [-0.39, 0.29) is 24.0 Å². The first-order chi connectivity index (χ1) is 10.8. The molecule has 1 heterocycles. The van der Waals surface area contributed by atoms with E-state index in [1.807, 2.05) is 19.2 Å². The van der Waals surface area contributed by atoms with Crippen molar-refractivity contribution < 1.29 is 4.42 Å². The third-order valence-electron chi connectivity index (χ3n) is 4.42. The maximum atomic E-state index is 5.32. The molecule has 1 saturated carbocycles. The van der Waals surface area contributed by atoms with Crippen molar-refractivity contribution in [1.29, 1.82) is 0 Å². The summed E-state index contributed by atoms with van der Waals surface area (Å²) >= 11 is 0. The van der Waals surface area contributed by atoms with Gasteiger partial charge in [-0.2, -0.15) is 0 Å². The number of aliphatic imine (C=N–C) groups is 1. The number of nitrogens with zero attached hydrogens (tertiary/aromatic N) is 2. The van der Waals surface area contributed by atoms with Crippen LogP contribution in [-0.2, 0) is 6.42 Å². The van der Waals surface area contributed by atoms with E-state index >= 15 is 0 Å². The van der Waals surface area contributed by atoms with Gasteiger partial charge in [-0.15, -0.1) is 24.0 Å². The molecule has 0 bridgehead atoms. The van der Waals surface area contributed by atoms with Gasteiger partial charge in [0.05, 0.1) is 6.26 Å². The molecule has 0 amide bonds.